The minimum atomic E-state index is 0.748. The molecule has 28 heavy (non-hydrogen) atoms. The minimum Gasteiger partial charge on any atom is -0.236 e. The van der Waals surface area contributed by atoms with E-state index in [0.29, 0.717) is 0 Å². The van der Waals surface area contributed by atoms with Gasteiger partial charge in [0, 0.05) is 18.0 Å². The molecular weight excluding hydrogens is 340 g/mol. The molecule has 152 valence electrons. The van der Waals surface area contributed by atoms with Gasteiger partial charge < -0.3 is 0 Å². The van der Waals surface area contributed by atoms with Crippen LogP contribution < -0.4 is 0 Å². The van der Waals surface area contributed by atoms with E-state index in [2.05, 4.69) is 48.1 Å². The molecule has 1 aliphatic rings. The van der Waals surface area contributed by atoms with Crippen LogP contribution in [-0.4, -0.2) is 9.97 Å². The Morgan fingerprint density at radius 2 is 1.46 bits per heavy atom. The Bertz CT molecular complexity index is 667. The first-order chi connectivity index (χ1) is 13.8. The molecule has 2 aromatic rings. The summed E-state index contributed by atoms with van der Waals surface area (Å²) in [6.07, 6.45) is 20.0. The summed E-state index contributed by atoms with van der Waals surface area (Å²) in [7, 11) is 0. The second-order valence-corrected chi connectivity index (χ2v) is 8.71. The lowest BCUT2D eigenvalue weighted by molar-refractivity contribution is 0.308. The fraction of sp³-hybridized carbons (Fsp3) is 0.615. The van der Waals surface area contributed by atoms with Crippen molar-refractivity contribution >= 4 is 0 Å². The molecular formula is C26H38N2. The molecule has 0 spiro atoms. The smallest absolute Gasteiger partial charge is 0.159 e. The van der Waals surface area contributed by atoms with E-state index in [-0.39, 0.29) is 0 Å². The maximum Gasteiger partial charge on any atom is 0.159 e. The Kier molecular flexibility index (Phi) is 8.51. The lowest BCUT2D eigenvalue weighted by Crippen LogP contribution is -2.13. The number of benzene rings is 1. The van der Waals surface area contributed by atoms with Gasteiger partial charge >= 0.3 is 0 Å². The van der Waals surface area contributed by atoms with Crippen LogP contribution in [0.15, 0.2) is 36.7 Å². The van der Waals surface area contributed by atoms with Crippen molar-refractivity contribution in [2.24, 2.45) is 5.92 Å². The Morgan fingerprint density at radius 3 is 2.11 bits per heavy atom. The highest BCUT2D eigenvalue weighted by molar-refractivity contribution is 5.55. The molecule has 1 saturated carbocycles. The van der Waals surface area contributed by atoms with Gasteiger partial charge in [0.15, 0.2) is 5.82 Å². The second kappa shape index (κ2) is 11.3. The molecule has 2 heteroatoms. The lowest BCUT2D eigenvalue weighted by atomic mass is 9.77. The van der Waals surface area contributed by atoms with E-state index in [1.807, 2.05) is 12.4 Å². The topological polar surface area (TPSA) is 25.8 Å². The summed E-state index contributed by atoms with van der Waals surface area (Å²) >= 11 is 0. The van der Waals surface area contributed by atoms with Gasteiger partial charge in [0.1, 0.15) is 0 Å². The predicted molar refractivity (Wildman–Crippen MR) is 120 cm³/mol. The van der Waals surface area contributed by atoms with Gasteiger partial charge in [-0.2, -0.15) is 0 Å². The zero-order chi connectivity index (χ0) is 19.6. The molecule has 0 unspecified atom stereocenters. The molecule has 0 aliphatic heterocycles. The number of aryl methyl sites for hydroxylation is 1. The largest absolute Gasteiger partial charge is 0.236 e. The second-order valence-electron chi connectivity index (χ2n) is 8.71. The standard InChI is InChI=1S/C26H38N2/c1-3-5-6-7-8-10-22-19-27-26(28-20-22)25-17-15-24(16-18-25)23-13-11-21(9-4-2)12-14-23/h15-21,23H,3-14H2,1-2H3/t21-,23-. The van der Waals surface area contributed by atoms with Crippen LogP contribution in [0.2, 0.25) is 0 Å². The van der Waals surface area contributed by atoms with Crippen molar-refractivity contribution in [2.75, 3.05) is 0 Å². The van der Waals surface area contributed by atoms with Crippen LogP contribution in [0.3, 0.4) is 0 Å². The Morgan fingerprint density at radius 1 is 0.786 bits per heavy atom. The van der Waals surface area contributed by atoms with Crippen molar-refractivity contribution in [3.63, 3.8) is 0 Å². The minimum absolute atomic E-state index is 0.748. The average Bonchev–Trinajstić information content (AvgIpc) is 2.75. The van der Waals surface area contributed by atoms with Gasteiger partial charge in [0.25, 0.3) is 0 Å². The van der Waals surface area contributed by atoms with Crippen LogP contribution >= 0.6 is 0 Å². The highest BCUT2D eigenvalue weighted by Crippen LogP contribution is 2.37. The number of hydrogen-bond acceptors (Lipinski definition) is 2. The fourth-order valence-electron chi connectivity index (χ4n) is 4.66. The summed E-state index contributed by atoms with van der Waals surface area (Å²) in [5.74, 6) is 2.57. The molecule has 0 atom stereocenters. The average molecular weight is 379 g/mol. The first kappa shape index (κ1) is 21.0. The van der Waals surface area contributed by atoms with E-state index >= 15 is 0 Å². The molecule has 1 fully saturated rings. The molecule has 0 amide bonds. The van der Waals surface area contributed by atoms with Crippen LogP contribution in [0, 0.1) is 5.92 Å². The highest BCUT2D eigenvalue weighted by atomic mass is 14.9. The number of aromatic nitrogens is 2. The van der Waals surface area contributed by atoms with Gasteiger partial charge in [-0.05, 0) is 61.5 Å². The summed E-state index contributed by atoms with van der Waals surface area (Å²) < 4.78 is 0. The van der Waals surface area contributed by atoms with Crippen molar-refractivity contribution in [2.45, 2.75) is 96.8 Å². The van der Waals surface area contributed by atoms with Gasteiger partial charge in [-0.25, -0.2) is 9.97 Å². The number of hydrogen-bond donors (Lipinski definition) is 0. The summed E-state index contributed by atoms with van der Waals surface area (Å²) in [4.78, 5) is 9.25. The third-order valence-corrected chi connectivity index (χ3v) is 6.46. The van der Waals surface area contributed by atoms with Crippen molar-refractivity contribution in [3.05, 3.63) is 47.8 Å². The molecule has 1 aromatic heterocycles. The van der Waals surface area contributed by atoms with Gasteiger partial charge in [-0.1, -0.05) is 76.6 Å². The lowest BCUT2D eigenvalue weighted by Gasteiger charge is -2.28. The first-order valence-electron chi connectivity index (χ1n) is 11.7. The summed E-state index contributed by atoms with van der Waals surface area (Å²) in [6.45, 7) is 4.57. The molecule has 1 heterocycles. The number of nitrogens with zero attached hydrogens (tertiary/aromatic N) is 2. The van der Waals surface area contributed by atoms with Gasteiger partial charge in [0.05, 0.1) is 0 Å². The van der Waals surface area contributed by atoms with Crippen molar-refractivity contribution in [1.29, 1.82) is 0 Å². The SMILES string of the molecule is CCCCCCCc1cnc(-c2ccc([C@H]3CC[C@H](CCC)CC3)cc2)nc1. The molecule has 0 N–H and O–H groups in total. The van der Waals surface area contributed by atoms with Crippen molar-refractivity contribution < 1.29 is 0 Å². The summed E-state index contributed by atoms with van der Waals surface area (Å²) in [5, 5.41) is 0. The Balaban J connectivity index is 1.51. The summed E-state index contributed by atoms with van der Waals surface area (Å²) in [6, 6.07) is 9.05. The third-order valence-electron chi connectivity index (χ3n) is 6.46. The van der Waals surface area contributed by atoms with Crippen LogP contribution in [0.25, 0.3) is 11.4 Å². The maximum atomic E-state index is 4.63. The van der Waals surface area contributed by atoms with Crippen LogP contribution in [0.5, 0.6) is 0 Å². The highest BCUT2D eigenvalue weighted by Gasteiger charge is 2.21. The van der Waals surface area contributed by atoms with E-state index in [4.69, 9.17) is 0 Å². The van der Waals surface area contributed by atoms with Crippen LogP contribution in [0.4, 0.5) is 0 Å². The Hall–Kier alpha value is -1.70. The van der Waals surface area contributed by atoms with Crippen molar-refractivity contribution in [1.82, 2.24) is 9.97 Å². The fourth-order valence-corrected chi connectivity index (χ4v) is 4.66. The Labute approximate surface area is 172 Å². The zero-order valence-electron chi connectivity index (χ0n) is 18.0. The van der Waals surface area contributed by atoms with Crippen LogP contribution in [-0.2, 0) is 6.42 Å². The molecule has 3 rings (SSSR count). The van der Waals surface area contributed by atoms with Gasteiger partial charge in [-0.15, -0.1) is 0 Å². The van der Waals surface area contributed by atoms with Gasteiger partial charge in [-0.3, -0.25) is 0 Å². The normalized spacial score (nSPS) is 19.6. The first-order valence-corrected chi connectivity index (χ1v) is 11.7. The molecule has 1 aromatic carbocycles. The molecule has 2 nitrogen and oxygen atoms in total. The summed E-state index contributed by atoms with van der Waals surface area (Å²) in [5.41, 5.74) is 3.90. The van der Waals surface area contributed by atoms with Gasteiger partial charge in [0.2, 0.25) is 0 Å². The quantitative estimate of drug-likeness (QED) is 0.395. The van der Waals surface area contributed by atoms with E-state index < -0.39 is 0 Å². The molecule has 0 bridgehead atoms. The molecule has 0 radical (unpaired) electrons. The third kappa shape index (κ3) is 6.15. The van der Waals surface area contributed by atoms with E-state index in [1.54, 1.807) is 0 Å². The zero-order valence-corrected chi connectivity index (χ0v) is 18.0. The maximum absolute atomic E-state index is 4.63. The van der Waals surface area contributed by atoms with Crippen molar-refractivity contribution in [3.8, 4) is 11.4 Å². The van der Waals surface area contributed by atoms with E-state index in [9.17, 15) is 0 Å². The number of rotatable bonds is 10. The predicted octanol–water partition coefficient (Wildman–Crippen LogP) is 7.73. The van der Waals surface area contributed by atoms with Crippen LogP contribution in [0.1, 0.15) is 102 Å². The monoisotopic (exact) mass is 378 g/mol. The van der Waals surface area contributed by atoms with E-state index in [0.717, 1.165) is 29.6 Å². The molecule has 0 saturated heterocycles. The van der Waals surface area contributed by atoms with E-state index in [1.165, 1.54) is 81.8 Å². The molecule has 1 aliphatic carbocycles. The number of unbranched alkanes of at least 4 members (excludes halogenated alkanes) is 4.